The molecule has 0 saturated heterocycles. The van der Waals surface area contributed by atoms with Crippen LogP contribution in [0.3, 0.4) is 0 Å². The SMILES string of the molecule is CC(C)n1cc(Oc2ccc(C#N)c([N+](=O)[O-])c2)cn1. The second-order valence-electron chi connectivity index (χ2n) is 4.40. The highest BCUT2D eigenvalue weighted by Gasteiger charge is 2.15. The summed E-state index contributed by atoms with van der Waals surface area (Å²) in [5, 5.41) is 23.8. The molecule has 0 atom stereocenters. The summed E-state index contributed by atoms with van der Waals surface area (Å²) in [7, 11) is 0. The maximum absolute atomic E-state index is 10.9. The molecule has 0 bridgehead atoms. The number of benzene rings is 1. The molecule has 7 nitrogen and oxygen atoms in total. The minimum Gasteiger partial charge on any atom is -0.454 e. The molecule has 0 fully saturated rings. The minimum atomic E-state index is -0.608. The molecule has 0 saturated carbocycles. The third-order valence-electron chi connectivity index (χ3n) is 2.63. The van der Waals surface area contributed by atoms with Crippen molar-refractivity contribution in [2.45, 2.75) is 19.9 Å². The molecule has 1 heterocycles. The number of hydrogen-bond donors (Lipinski definition) is 0. The number of nitriles is 1. The summed E-state index contributed by atoms with van der Waals surface area (Å²) in [6.07, 6.45) is 3.23. The van der Waals surface area contributed by atoms with E-state index < -0.39 is 4.92 Å². The average Bonchev–Trinajstić information content (AvgIpc) is 2.87. The first-order valence-corrected chi connectivity index (χ1v) is 5.92. The molecule has 0 amide bonds. The van der Waals surface area contributed by atoms with Crippen molar-refractivity contribution in [2.75, 3.05) is 0 Å². The molecule has 102 valence electrons. The maximum atomic E-state index is 10.9. The minimum absolute atomic E-state index is 0.000209. The Morgan fingerprint density at radius 1 is 1.45 bits per heavy atom. The Bertz CT molecular complexity index is 685. The van der Waals surface area contributed by atoms with E-state index in [1.807, 2.05) is 13.8 Å². The van der Waals surface area contributed by atoms with Crippen molar-refractivity contribution in [1.82, 2.24) is 9.78 Å². The molecular weight excluding hydrogens is 260 g/mol. The highest BCUT2D eigenvalue weighted by Crippen LogP contribution is 2.28. The number of nitrogens with zero attached hydrogens (tertiary/aromatic N) is 4. The van der Waals surface area contributed by atoms with E-state index in [9.17, 15) is 10.1 Å². The van der Waals surface area contributed by atoms with E-state index in [0.717, 1.165) is 0 Å². The molecule has 2 rings (SSSR count). The van der Waals surface area contributed by atoms with Crippen LogP contribution in [0.4, 0.5) is 5.69 Å². The summed E-state index contributed by atoms with van der Waals surface area (Å²) in [4.78, 5) is 10.3. The number of nitro benzene ring substituents is 1. The number of nitro groups is 1. The van der Waals surface area contributed by atoms with Crippen LogP contribution >= 0.6 is 0 Å². The van der Waals surface area contributed by atoms with E-state index >= 15 is 0 Å². The second-order valence-corrected chi connectivity index (χ2v) is 4.40. The van der Waals surface area contributed by atoms with Crippen LogP contribution in [0.25, 0.3) is 0 Å². The molecule has 0 aliphatic rings. The molecular formula is C13H12N4O3. The monoisotopic (exact) mass is 272 g/mol. The number of aromatic nitrogens is 2. The molecule has 0 spiro atoms. The number of ether oxygens (including phenoxy) is 1. The Hall–Kier alpha value is -2.88. The van der Waals surface area contributed by atoms with Gasteiger partial charge in [-0.3, -0.25) is 14.8 Å². The zero-order valence-electron chi connectivity index (χ0n) is 11.0. The van der Waals surface area contributed by atoms with Gasteiger partial charge < -0.3 is 4.74 Å². The van der Waals surface area contributed by atoms with Gasteiger partial charge in [-0.05, 0) is 26.0 Å². The average molecular weight is 272 g/mol. The first kappa shape index (κ1) is 13.5. The molecule has 7 heteroatoms. The predicted octanol–water partition coefficient (Wildman–Crippen LogP) is 3.04. The zero-order valence-corrected chi connectivity index (χ0v) is 11.0. The van der Waals surface area contributed by atoms with Gasteiger partial charge >= 0.3 is 0 Å². The standard InChI is InChI=1S/C13H12N4O3/c1-9(2)16-8-12(7-15-16)20-11-4-3-10(6-14)13(5-11)17(18)19/h3-5,7-9H,1-2H3. The van der Waals surface area contributed by atoms with Crippen LogP contribution in [0, 0.1) is 21.4 Å². The maximum Gasteiger partial charge on any atom is 0.290 e. The molecule has 0 N–H and O–H groups in total. The lowest BCUT2D eigenvalue weighted by Crippen LogP contribution is -1.99. The van der Waals surface area contributed by atoms with Gasteiger partial charge in [-0.1, -0.05) is 0 Å². The van der Waals surface area contributed by atoms with Crippen molar-refractivity contribution in [3.8, 4) is 17.6 Å². The van der Waals surface area contributed by atoms with Crippen LogP contribution in [0.5, 0.6) is 11.5 Å². The smallest absolute Gasteiger partial charge is 0.290 e. The zero-order chi connectivity index (χ0) is 14.7. The lowest BCUT2D eigenvalue weighted by molar-refractivity contribution is -0.385. The lowest BCUT2D eigenvalue weighted by Gasteiger charge is -2.04. The fourth-order valence-corrected chi connectivity index (χ4v) is 1.61. The Morgan fingerprint density at radius 2 is 2.20 bits per heavy atom. The van der Waals surface area contributed by atoms with Gasteiger partial charge in [0.1, 0.15) is 17.4 Å². The summed E-state index contributed by atoms with van der Waals surface area (Å²) in [6.45, 7) is 3.95. The predicted molar refractivity (Wildman–Crippen MR) is 70.5 cm³/mol. The highest BCUT2D eigenvalue weighted by molar-refractivity contribution is 5.52. The first-order chi connectivity index (χ1) is 9.51. The molecule has 0 radical (unpaired) electrons. The summed E-state index contributed by atoms with van der Waals surface area (Å²) in [6, 6.07) is 6.07. The summed E-state index contributed by atoms with van der Waals surface area (Å²) < 4.78 is 7.22. The van der Waals surface area contributed by atoms with Crippen molar-refractivity contribution < 1.29 is 9.66 Å². The van der Waals surface area contributed by atoms with Gasteiger partial charge in [0.25, 0.3) is 5.69 Å². The fourth-order valence-electron chi connectivity index (χ4n) is 1.61. The van der Waals surface area contributed by atoms with Gasteiger partial charge in [-0.2, -0.15) is 10.4 Å². The van der Waals surface area contributed by atoms with Crippen molar-refractivity contribution in [1.29, 1.82) is 5.26 Å². The van der Waals surface area contributed by atoms with Crippen LogP contribution in [0.1, 0.15) is 25.5 Å². The quantitative estimate of drug-likeness (QED) is 0.629. The van der Waals surface area contributed by atoms with E-state index in [2.05, 4.69) is 5.10 Å². The number of hydrogen-bond acceptors (Lipinski definition) is 5. The van der Waals surface area contributed by atoms with Gasteiger partial charge in [0.15, 0.2) is 5.75 Å². The van der Waals surface area contributed by atoms with Crippen LogP contribution in [0.2, 0.25) is 0 Å². The Kier molecular flexibility index (Phi) is 3.66. The topological polar surface area (TPSA) is 94.0 Å². The molecule has 0 aliphatic heterocycles. The van der Waals surface area contributed by atoms with Crippen LogP contribution in [-0.4, -0.2) is 14.7 Å². The van der Waals surface area contributed by atoms with Gasteiger partial charge in [0.05, 0.1) is 23.4 Å². The summed E-state index contributed by atoms with van der Waals surface area (Å²) in [5.74, 6) is 0.775. The van der Waals surface area contributed by atoms with E-state index in [0.29, 0.717) is 11.5 Å². The van der Waals surface area contributed by atoms with Crippen molar-refractivity contribution in [3.63, 3.8) is 0 Å². The normalized spacial score (nSPS) is 10.3. The lowest BCUT2D eigenvalue weighted by atomic mass is 10.2. The molecule has 1 aromatic heterocycles. The second kappa shape index (κ2) is 5.40. The van der Waals surface area contributed by atoms with E-state index in [1.54, 1.807) is 16.9 Å². The number of rotatable bonds is 4. The molecule has 0 aliphatic carbocycles. The van der Waals surface area contributed by atoms with Crippen LogP contribution in [0.15, 0.2) is 30.6 Å². The van der Waals surface area contributed by atoms with Gasteiger partial charge in [-0.15, -0.1) is 0 Å². The molecule has 0 unspecified atom stereocenters. The molecule has 1 aromatic carbocycles. The van der Waals surface area contributed by atoms with Crippen molar-refractivity contribution >= 4 is 5.69 Å². The van der Waals surface area contributed by atoms with Crippen molar-refractivity contribution in [2.24, 2.45) is 0 Å². The Balaban J connectivity index is 2.27. The van der Waals surface area contributed by atoms with Crippen LogP contribution < -0.4 is 4.74 Å². The van der Waals surface area contributed by atoms with Crippen molar-refractivity contribution in [3.05, 3.63) is 46.3 Å². The van der Waals surface area contributed by atoms with Gasteiger partial charge in [0, 0.05) is 6.04 Å². The third kappa shape index (κ3) is 2.75. The van der Waals surface area contributed by atoms with Crippen LogP contribution in [-0.2, 0) is 0 Å². The first-order valence-electron chi connectivity index (χ1n) is 5.92. The van der Waals surface area contributed by atoms with E-state index in [1.165, 1.54) is 24.4 Å². The third-order valence-corrected chi connectivity index (χ3v) is 2.63. The summed E-state index contributed by atoms with van der Waals surface area (Å²) >= 11 is 0. The summed E-state index contributed by atoms with van der Waals surface area (Å²) in [5.41, 5.74) is -0.276. The molecule has 20 heavy (non-hydrogen) atoms. The van der Waals surface area contributed by atoms with E-state index in [-0.39, 0.29) is 17.3 Å². The van der Waals surface area contributed by atoms with Gasteiger partial charge in [0.2, 0.25) is 0 Å². The largest absolute Gasteiger partial charge is 0.454 e. The van der Waals surface area contributed by atoms with Gasteiger partial charge in [-0.25, -0.2) is 0 Å². The van der Waals surface area contributed by atoms with E-state index in [4.69, 9.17) is 10.00 Å². The highest BCUT2D eigenvalue weighted by atomic mass is 16.6. The molecule has 2 aromatic rings. The Morgan fingerprint density at radius 3 is 2.75 bits per heavy atom. The fraction of sp³-hybridized carbons (Fsp3) is 0.231. The Labute approximate surface area is 115 Å².